The number of methoxy groups -OCH3 is 1. The second-order valence-corrected chi connectivity index (χ2v) is 4.52. The molecule has 116 valence electrons. The van der Waals surface area contributed by atoms with E-state index >= 15 is 0 Å². The first-order valence-electron chi connectivity index (χ1n) is 6.46. The Hall–Kier alpha value is -3.35. The molecule has 2 aromatic rings. The van der Waals surface area contributed by atoms with Crippen LogP contribution in [0.4, 0.5) is 5.69 Å². The summed E-state index contributed by atoms with van der Waals surface area (Å²) in [7, 11) is 1.46. The lowest BCUT2D eigenvalue weighted by molar-refractivity contribution is -0.384. The van der Waals surface area contributed by atoms with Crippen LogP contribution in [0.2, 0.25) is 0 Å². The van der Waals surface area contributed by atoms with Crippen LogP contribution in [-0.4, -0.2) is 29.4 Å². The number of benzene rings is 2. The summed E-state index contributed by atoms with van der Waals surface area (Å²) in [6.45, 7) is 0. The first-order chi connectivity index (χ1) is 10.9. The number of ketones is 3. The summed E-state index contributed by atoms with van der Waals surface area (Å²) in [5, 5.41) is 10.6. The smallest absolute Gasteiger partial charge is 0.273 e. The SMILES string of the molecule is COc1ccc(C(=O)C(=O)C(=O)c2ccc([N+](=O)[O-])cc2)cc1. The molecule has 0 aliphatic heterocycles. The maximum absolute atomic E-state index is 12.0. The molecule has 0 aliphatic carbocycles. The molecule has 0 aliphatic rings. The molecular formula is C16H11NO6. The quantitative estimate of drug-likeness (QED) is 0.266. The third-order valence-electron chi connectivity index (χ3n) is 3.10. The van der Waals surface area contributed by atoms with Gasteiger partial charge >= 0.3 is 0 Å². The van der Waals surface area contributed by atoms with E-state index in [1.165, 1.54) is 31.4 Å². The Kier molecular flexibility index (Phi) is 4.61. The van der Waals surface area contributed by atoms with Crippen LogP contribution in [0, 0.1) is 10.1 Å². The summed E-state index contributed by atoms with van der Waals surface area (Å²) in [6.07, 6.45) is 0. The number of rotatable bonds is 6. The molecule has 0 unspecified atom stereocenters. The fourth-order valence-corrected chi connectivity index (χ4v) is 1.84. The highest BCUT2D eigenvalue weighted by atomic mass is 16.6. The zero-order valence-electron chi connectivity index (χ0n) is 12.0. The van der Waals surface area contributed by atoms with Gasteiger partial charge < -0.3 is 4.74 Å². The number of hydrogen-bond acceptors (Lipinski definition) is 6. The van der Waals surface area contributed by atoms with Gasteiger partial charge in [0.15, 0.2) is 0 Å². The highest BCUT2D eigenvalue weighted by Crippen LogP contribution is 2.15. The van der Waals surface area contributed by atoms with Crippen molar-refractivity contribution in [2.75, 3.05) is 7.11 Å². The number of non-ortho nitro benzene ring substituents is 1. The number of hydrogen-bond donors (Lipinski definition) is 0. The molecule has 0 N–H and O–H groups in total. The van der Waals surface area contributed by atoms with Crippen LogP contribution in [0.25, 0.3) is 0 Å². The van der Waals surface area contributed by atoms with Gasteiger partial charge in [0.1, 0.15) is 5.75 Å². The van der Waals surface area contributed by atoms with Crippen molar-refractivity contribution in [3.05, 3.63) is 69.8 Å². The lowest BCUT2D eigenvalue weighted by Gasteiger charge is -2.02. The predicted octanol–water partition coefficient (Wildman–Crippen LogP) is 2.24. The highest BCUT2D eigenvalue weighted by Gasteiger charge is 2.25. The Morgan fingerprint density at radius 1 is 0.870 bits per heavy atom. The first-order valence-corrected chi connectivity index (χ1v) is 6.46. The maximum Gasteiger partial charge on any atom is 0.273 e. The molecule has 0 amide bonds. The van der Waals surface area contributed by atoms with E-state index in [4.69, 9.17) is 4.74 Å². The van der Waals surface area contributed by atoms with E-state index in [-0.39, 0.29) is 16.8 Å². The monoisotopic (exact) mass is 313 g/mol. The molecule has 23 heavy (non-hydrogen) atoms. The Morgan fingerprint density at radius 3 is 1.70 bits per heavy atom. The maximum atomic E-state index is 12.0. The predicted molar refractivity (Wildman–Crippen MR) is 79.8 cm³/mol. The number of nitrogens with zero attached hydrogens (tertiary/aromatic N) is 1. The van der Waals surface area contributed by atoms with Crippen LogP contribution >= 0.6 is 0 Å². The van der Waals surface area contributed by atoms with Crippen LogP contribution in [0.15, 0.2) is 48.5 Å². The molecule has 0 aromatic heterocycles. The number of carbonyl (C=O) groups excluding carboxylic acids is 3. The molecule has 2 aromatic carbocycles. The van der Waals surface area contributed by atoms with Crippen molar-refractivity contribution in [1.29, 1.82) is 0 Å². The molecule has 0 atom stereocenters. The molecule has 7 heteroatoms. The Bertz CT molecular complexity index is 777. The average Bonchev–Trinajstić information content (AvgIpc) is 2.60. The van der Waals surface area contributed by atoms with Crippen LogP contribution in [0.5, 0.6) is 5.75 Å². The summed E-state index contributed by atoms with van der Waals surface area (Å²) < 4.78 is 4.94. The van der Waals surface area contributed by atoms with E-state index in [9.17, 15) is 24.5 Å². The minimum Gasteiger partial charge on any atom is -0.497 e. The molecular weight excluding hydrogens is 302 g/mol. The first kappa shape index (κ1) is 16.0. The van der Waals surface area contributed by atoms with E-state index in [2.05, 4.69) is 0 Å². The van der Waals surface area contributed by atoms with Crippen LogP contribution in [0.1, 0.15) is 20.7 Å². The molecule has 0 saturated carbocycles. The normalized spacial score (nSPS) is 9.96. The zero-order valence-corrected chi connectivity index (χ0v) is 12.0. The molecule has 0 radical (unpaired) electrons. The van der Waals surface area contributed by atoms with Gasteiger partial charge in [-0.25, -0.2) is 0 Å². The van der Waals surface area contributed by atoms with Crippen LogP contribution < -0.4 is 4.74 Å². The minimum atomic E-state index is -1.20. The molecule has 0 bridgehead atoms. The van der Waals surface area contributed by atoms with Crippen molar-refractivity contribution in [2.24, 2.45) is 0 Å². The van der Waals surface area contributed by atoms with E-state index in [1.807, 2.05) is 0 Å². The minimum absolute atomic E-state index is 0.0612. The van der Waals surface area contributed by atoms with Gasteiger partial charge in [0.2, 0.25) is 11.6 Å². The summed E-state index contributed by atoms with van der Waals surface area (Å²) >= 11 is 0. The highest BCUT2D eigenvalue weighted by molar-refractivity contribution is 6.69. The van der Waals surface area contributed by atoms with Gasteiger partial charge in [0.25, 0.3) is 11.5 Å². The number of carbonyl (C=O) groups is 3. The van der Waals surface area contributed by atoms with Crippen molar-refractivity contribution in [1.82, 2.24) is 0 Å². The number of Topliss-reactive ketones (excluding diaryl/α,β-unsaturated/α-hetero) is 3. The van der Waals surface area contributed by atoms with E-state index in [0.29, 0.717) is 5.75 Å². The average molecular weight is 313 g/mol. The van der Waals surface area contributed by atoms with Crippen LogP contribution in [0.3, 0.4) is 0 Å². The molecule has 7 nitrogen and oxygen atoms in total. The second kappa shape index (κ2) is 6.61. The lowest BCUT2D eigenvalue weighted by atomic mass is 10.00. The molecule has 0 heterocycles. The summed E-state index contributed by atoms with van der Waals surface area (Å²) in [6, 6.07) is 10.2. The molecule has 0 fully saturated rings. The fraction of sp³-hybridized carbons (Fsp3) is 0.0625. The van der Waals surface area contributed by atoms with E-state index in [0.717, 1.165) is 24.3 Å². The van der Waals surface area contributed by atoms with E-state index in [1.54, 1.807) is 0 Å². The van der Waals surface area contributed by atoms with Gasteiger partial charge in [-0.2, -0.15) is 0 Å². The van der Waals surface area contributed by atoms with Crippen molar-refractivity contribution in [3.8, 4) is 5.75 Å². The van der Waals surface area contributed by atoms with Gasteiger partial charge in [0.05, 0.1) is 12.0 Å². The molecule has 0 spiro atoms. The van der Waals surface area contributed by atoms with Gasteiger partial charge in [-0.15, -0.1) is 0 Å². The standard InChI is InChI=1S/C16H11NO6/c1-23-13-8-4-11(5-9-13)15(19)16(20)14(18)10-2-6-12(7-3-10)17(21)22/h2-9H,1H3. The van der Waals surface area contributed by atoms with Crippen molar-refractivity contribution >= 4 is 23.0 Å². The van der Waals surface area contributed by atoms with Gasteiger partial charge in [-0.05, 0) is 36.4 Å². The van der Waals surface area contributed by atoms with Crippen molar-refractivity contribution < 1.29 is 24.0 Å². The van der Waals surface area contributed by atoms with Gasteiger partial charge in [-0.1, -0.05) is 0 Å². The third-order valence-corrected chi connectivity index (χ3v) is 3.10. The van der Waals surface area contributed by atoms with Gasteiger partial charge in [0, 0.05) is 23.3 Å². The second-order valence-electron chi connectivity index (χ2n) is 4.52. The fourth-order valence-electron chi connectivity index (χ4n) is 1.84. The van der Waals surface area contributed by atoms with Crippen molar-refractivity contribution in [2.45, 2.75) is 0 Å². The Morgan fingerprint density at radius 2 is 1.30 bits per heavy atom. The third kappa shape index (κ3) is 3.46. The summed E-state index contributed by atoms with van der Waals surface area (Å²) in [4.78, 5) is 45.9. The Balaban J connectivity index is 2.19. The number of nitro groups is 1. The summed E-state index contributed by atoms with van der Waals surface area (Å²) in [5.74, 6) is -2.66. The molecule has 0 saturated heterocycles. The molecule has 2 rings (SSSR count). The topological polar surface area (TPSA) is 104 Å². The largest absolute Gasteiger partial charge is 0.497 e. The van der Waals surface area contributed by atoms with E-state index < -0.39 is 22.3 Å². The zero-order chi connectivity index (χ0) is 17.0. The van der Waals surface area contributed by atoms with Crippen LogP contribution in [-0.2, 0) is 4.79 Å². The summed E-state index contributed by atoms with van der Waals surface area (Å²) in [5.41, 5.74) is -0.232. The Labute approximate surface area is 130 Å². The number of nitro benzene ring substituents is 1. The van der Waals surface area contributed by atoms with Crippen molar-refractivity contribution in [3.63, 3.8) is 0 Å². The van der Waals surface area contributed by atoms with Gasteiger partial charge in [-0.3, -0.25) is 24.5 Å². The lowest BCUT2D eigenvalue weighted by Crippen LogP contribution is -2.24. The number of ether oxygens (including phenoxy) is 1.